The van der Waals surface area contributed by atoms with Gasteiger partial charge in [-0.25, -0.2) is 0 Å². The first-order chi connectivity index (χ1) is 9.06. The molecule has 0 amide bonds. The van der Waals surface area contributed by atoms with Gasteiger partial charge in [0, 0.05) is 11.1 Å². The molecular weight excluding hydrogens is 258 g/mol. The van der Waals surface area contributed by atoms with E-state index in [2.05, 4.69) is 25.2 Å². The van der Waals surface area contributed by atoms with Crippen LogP contribution in [0.1, 0.15) is 37.0 Å². The Bertz CT molecular complexity index is 535. The first-order valence-corrected chi connectivity index (χ1v) is 7.00. The molecule has 3 heteroatoms. The van der Waals surface area contributed by atoms with Gasteiger partial charge >= 0.3 is 0 Å². The number of furan rings is 1. The zero-order valence-electron chi connectivity index (χ0n) is 11.6. The third kappa shape index (κ3) is 3.85. The topological polar surface area (TPSA) is 25.2 Å². The number of benzene rings is 1. The largest absolute Gasteiger partial charge is 0.465 e. The van der Waals surface area contributed by atoms with Crippen LogP contribution in [-0.2, 0) is 6.42 Å². The standard InChI is InChI=1S/C16H20ClNO/c1-11(10-14-6-4-5-7-15(14)17)18-13(3)16-9-8-12(2)19-16/h4-9,11,13,18H,10H2,1-3H3. The fourth-order valence-electron chi connectivity index (χ4n) is 2.25. The smallest absolute Gasteiger partial charge is 0.120 e. The van der Waals surface area contributed by atoms with Gasteiger partial charge in [0.05, 0.1) is 6.04 Å². The third-order valence-electron chi connectivity index (χ3n) is 3.21. The van der Waals surface area contributed by atoms with Crippen LogP contribution in [0.25, 0.3) is 0 Å². The number of hydrogen-bond acceptors (Lipinski definition) is 2. The highest BCUT2D eigenvalue weighted by molar-refractivity contribution is 6.31. The van der Waals surface area contributed by atoms with E-state index in [0.717, 1.165) is 23.0 Å². The highest BCUT2D eigenvalue weighted by Crippen LogP contribution is 2.19. The van der Waals surface area contributed by atoms with E-state index >= 15 is 0 Å². The summed E-state index contributed by atoms with van der Waals surface area (Å²) >= 11 is 6.18. The second-order valence-electron chi connectivity index (χ2n) is 5.03. The molecule has 0 fully saturated rings. The molecule has 19 heavy (non-hydrogen) atoms. The van der Waals surface area contributed by atoms with Crippen molar-refractivity contribution >= 4 is 11.6 Å². The first-order valence-electron chi connectivity index (χ1n) is 6.62. The lowest BCUT2D eigenvalue weighted by Crippen LogP contribution is -2.30. The molecule has 0 aliphatic carbocycles. The number of hydrogen-bond donors (Lipinski definition) is 1. The monoisotopic (exact) mass is 277 g/mol. The van der Waals surface area contributed by atoms with Crippen molar-refractivity contribution in [1.82, 2.24) is 5.32 Å². The lowest BCUT2D eigenvalue weighted by Gasteiger charge is -2.19. The fourth-order valence-corrected chi connectivity index (χ4v) is 2.46. The molecule has 0 aliphatic rings. The third-order valence-corrected chi connectivity index (χ3v) is 3.58. The summed E-state index contributed by atoms with van der Waals surface area (Å²) in [4.78, 5) is 0. The van der Waals surface area contributed by atoms with Crippen LogP contribution in [0.15, 0.2) is 40.8 Å². The molecule has 1 N–H and O–H groups in total. The fraction of sp³-hybridized carbons (Fsp3) is 0.375. The van der Waals surface area contributed by atoms with Gasteiger partial charge in [-0.3, -0.25) is 0 Å². The Morgan fingerprint density at radius 1 is 1.16 bits per heavy atom. The second-order valence-corrected chi connectivity index (χ2v) is 5.44. The zero-order valence-corrected chi connectivity index (χ0v) is 12.4. The normalized spacial score (nSPS) is 14.3. The maximum absolute atomic E-state index is 6.18. The molecule has 0 bridgehead atoms. The van der Waals surface area contributed by atoms with Gasteiger partial charge in [-0.15, -0.1) is 0 Å². The van der Waals surface area contributed by atoms with Crippen LogP contribution in [0.2, 0.25) is 5.02 Å². The average molecular weight is 278 g/mol. The Hall–Kier alpha value is -1.25. The Morgan fingerprint density at radius 3 is 2.53 bits per heavy atom. The molecule has 2 rings (SSSR count). The lowest BCUT2D eigenvalue weighted by molar-refractivity contribution is 0.387. The van der Waals surface area contributed by atoms with Crippen molar-refractivity contribution in [2.45, 2.75) is 39.3 Å². The number of halogens is 1. The van der Waals surface area contributed by atoms with Gasteiger partial charge in [-0.05, 0) is 51.0 Å². The molecule has 2 nitrogen and oxygen atoms in total. The molecular formula is C16H20ClNO. The summed E-state index contributed by atoms with van der Waals surface area (Å²) in [5, 5.41) is 4.36. The van der Waals surface area contributed by atoms with Crippen LogP contribution >= 0.6 is 11.6 Å². The molecule has 1 aromatic carbocycles. The van der Waals surface area contributed by atoms with E-state index in [1.807, 2.05) is 37.3 Å². The van der Waals surface area contributed by atoms with Crippen molar-refractivity contribution in [3.8, 4) is 0 Å². The number of rotatable bonds is 5. The van der Waals surface area contributed by atoms with Crippen LogP contribution in [-0.4, -0.2) is 6.04 Å². The van der Waals surface area contributed by atoms with Crippen LogP contribution in [0.3, 0.4) is 0 Å². The molecule has 0 saturated carbocycles. The summed E-state index contributed by atoms with van der Waals surface area (Å²) in [7, 11) is 0. The van der Waals surface area contributed by atoms with Gasteiger partial charge in [0.2, 0.25) is 0 Å². The van der Waals surface area contributed by atoms with Gasteiger partial charge in [-0.1, -0.05) is 29.8 Å². The van der Waals surface area contributed by atoms with E-state index in [0.29, 0.717) is 6.04 Å². The van der Waals surface area contributed by atoms with Crippen molar-refractivity contribution in [1.29, 1.82) is 0 Å². The van der Waals surface area contributed by atoms with E-state index in [9.17, 15) is 0 Å². The summed E-state index contributed by atoms with van der Waals surface area (Å²) in [6.45, 7) is 6.24. The van der Waals surface area contributed by atoms with E-state index in [1.165, 1.54) is 5.56 Å². The highest BCUT2D eigenvalue weighted by atomic mass is 35.5. The molecule has 2 aromatic rings. The highest BCUT2D eigenvalue weighted by Gasteiger charge is 2.13. The van der Waals surface area contributed by atoms with Crippen LogP contribution in [0, 0.1) is 6.92 Å². The zero-order chi connectivity index (χ0) is 13.8. The Labute approximate surface area is 119 Å². The van der Waals surface area contributed by atoms with Gasteiger partial charge in [0.15, 0.2) is 0 Å². The van der Waals surface area contributed by atoms with E-state index in [4.69, 9.17) is 16.0 Å². The van der Waals surface area contributed by atoms with Crippen molar-refractivity contribution < 1.29 is 4.42 Å². The predicted octanol–water partition coefficient (Wildman–Crippen LogP) is 4.52. The van der Waals surface area contributed by atoms with Gasteiger partial charge in [-0.2, -0.15) is 0 Å². The van der Waals surface area contributed by atoms with Gasteiger partial charge in [0.25, 0.3) is 0 Å². The van der Waals surface area contributed by atoms with Crippen LogP contribution in [0.4, 0.5) is 0 Å². The van der Waals surface area contributed by atoms with Gasteiger partial charge < -0.3 is 9.73 Å². The lowest BCUT2D eigenvalue weighted by atomic mass is 10.1. The first kappa shape index (κ1) is 14.2. The van der Waals surface area contributed by atoms with E-state index in [-0.39, 0.29) is 6.04 Å². The molecule has 1 heterocycles. The minimum Gasteiger partial charge on any atom is -0.465 e. The minimum atomic E-state index is 0.200. The summed E-state index contributed by atoms with van der Waals surface area (Å²) in [6, 6.07) is 12.5. The molecule has 0 aliphatic heterocycles. The molecule has 102 valence electrons. The molecule has 2 unspecified atom stereocenters. The maximum Gasteiger partial charge on any atom is 0.120 e. The molecule has 2 atom stereocenters. The number of nitrogens with one attached hydrogen (secondary N) is 1. The van der Waals surface area contributed by atoms with Crippen molar-refractivity contribution in [3.05, 3.63) is 58.5 Å². The maximum atomic E-state index is 6.18. The Morgan fingerprint density at radius 2 is 1.89 bits per heavy atom. The second kappa shape index (κ2) is 6.27. The Balaban J connectivity index is 1.94. The van der Waals surface area contributed by atoms with Crippen LogP contribution in [0.5, 0.6) is 0 Å². The molecule has 1 aromatic heterocycles. The molecule has 0 spiro atoms. The molecule has 0 radical (unpaired) electrons. The van der Waals surface area contributed by atoms with Crippen molar-refractivity contribution in [2.24, 2.45) is 0 Å². The quantitative estimate of drug-likeness (QED) is 0.869. The van der Waals surface area contributed by atoms with E-state index in [1.54, 1.807) is 0 Å². The summed E-state index contributed by atoms with van der Waals surface area (Å²) < 4.78 is 5.63. The SMILES string of the molecule is Cc1ccc(C(C)NC(C)Cc2ccccc2Cl)o1. The Kier molecular flexibility index (Phi) is 4.67. The summed E-state index contributed by atoms with van der Waals surface area (Å²) in [6.07, 6.45) is 0.906. The van der Waals surface area contributed by atoms with E-state index < -0.39 is 0 Å². The number of aryl methyl sites for hydroxylation is 1. The molecule has 0 saturated heterocycles. The average Bonchev–Trinajstić information content (AvgIpc) is 2.79. The van der Waals surface area contributed by atoms with Gasteiger partial charge in [0.1, 0.15) is 11.5 Å². The summed E-state index contributed by atoms with van der Waals surface area (Å²) in [5.41, 5.74) is 1.17. The van der Waals surface area contributed by atoms with Crippen LogP contribution < -0.4 is 5.32 Å². The van der Waals surface area contributed by atoms with Crippen molar-refractivity contribution in [3.63, 3.8) is 0 Å². The summed E-state index contributed by atoms with van der Waals surface area (Å²) in [5.74, 6) is 1.92. The van der Waals surface area contributed by atoms with Crippen molar-refractivity contribution in [2.75, 3.05) is 0 Å². The minimum absolute atomic E-state index is 0.200. The predicted molar refractivity (Wildman–Crippen MR) is 79.6 cm³/mol.